The second-order valence-electron chi connectivity index (χ2n) is 3.91. The molecule has 0 atom stereocenters. The lowest BCUT2D eigenvalue weighted by Gasteiger charge is -1.98. The molecule has 0 bridgehead atoms. The summed E-state index contributed by atoms with van der Waals surface area (Å²) in [7, 11) is 1.89. The molecule has 1 amide bonds. The molecule has 0 radical (unpaired) electrons. The second-order valence-corrected chi connectivity index (χ2v) is 3.91. The third-order valence-electron chi connectivity index (χ3n) is 2.61. The van der Waals surface area contributed by atoms with Crippen LogP contribution in [0.2, 0.25) is 0 Å². The van der Waals surface area contributed by atoms with Crippen molar-refractivity contribution in [2.75, 3.05) is 6.54 Å². The zero-order valence-electron chi connectivity index (χ0n) is 10.7. The summed E-state index contributed by atoms with van der Waals surface area (Å²) in [6.45, 7) is 8.13. The third-order valence-corrected chi connectivity index (χ3v) is 2.61. The summed E-state index contributed by atoms with van der Waals surface area (Å²) in [5.41, 5.74) is 2.99. The first-order valence-electron chi connectivity index (χ1n) is 5.63. The minimum Gasteiger partial charge on any atom is -0.352 e. The Morgan fingerprint density at radius 2 is 2.24 bits per heavy atom. The van der Waals surface area contributed by atoms with Gasteiger partial charge in [-0.25, -0.2) is 0 Å². The number of carbonyl (C=O) groups excluding carboxylic acids is 1. The van der Waals surface area contributed by atoms with E-state index in [2.05, 4.69) is 17.0 Å². The maximum atomic E-state index is 11.5. The molecule has 0 aliphatic heterocycles. The lowest BCUT2D eigenvalue weighted by atomic mass is 10.2. The minimum atomic E-state index is -0.0884. The molecule has 1 aromatic rings. The number of aromatic nitrogens is 2. The molecular formula is C13H19N3O. The summed E-state index contributed by atoms with van der Waals surface area (Å²) < 4.78 is 1.81. The monoisotopic (exact) mass is 233 g/mol. The molecule has 1 aromatic heterocycles. The van der Waals surface area contributed by atoms with Gasteiger partial charge in [0.25, 0.3) is 0 Å². The van der Waals surface area contributed by atoms with Crippen LogP contribution in [0.5, 0.6) is 0 Å². The molecular weight excluding hydrogens is 214 g/mol. The predicted molar refractivity (Wildman–Crippen MR) is 69.5 cm³/mol. The summed E-state index contributed by atoms with van der Waals surface area (Å²) in [6, 6.07) is 0. The molecule has 0 unspecified atom stereocenters. The van der Waals surface area contributed by atoms with Crippen LogP contribution in [0, 0.1) is 13.8 Å². The molecule has 17 heavy (non-hydrogen) atoms. The van der Waals surface area contributed by atoms with Crippen LogP contribution in [-0.2, 0) is 11.8 Å². The lowest BCUT2D eigenvalue weighted by Crippen LogP contribution is -2.21. The summed E-state index contributed by atoms with van der Waals surface area (Å²) >= 11 is 0. The van der Waals surface area contributed by atoms with Gasteiger partial charge in [-0.3, -0.25) is 9.48 Å². The molecule has 0 fully saturated rings. The largest absolute Gasteiger partial charge is 0.352 e. The van der Waals surface area contributed by atoms with Crippen molar-refractivity contribution < 1.29 is 4.79 Å². The van der Waals surface area contributed by atoms with Crippen molar-refractivity contribution in [1.29, 1.82) is 0 Å². The summed E-state index contributed by atoms with van der Waals surface area (Å²) in [6.07, 6.45) is 5.91. The van der Waals surface area contributed by atoms with Gasteiger partial charge in [-0.1, -0.05) is 6.08 Å². The number of amides is 1. The average Bonchev–Trinajstić information content (AvgIpc) is 2.51. The highest BCUT2D eigenvalue weighted by Crippen LogP contribution is 2.13. The number of carbonyl (C=O) groups is 1. The van der Waals surface area contributed by atoms with Crippen molar-refractivity contribution in [1.82, 2.24) is 15.1 Å². The van der Waals surface area contributed by atoms with E-state index in [0.29, 0.717) is 6.54 Å². The van der Waals surface area contributed by atoms with Gasteiger partial charge in [-0.15, -0.1) is 6.58 Å². The van der Waals surface area contributed by atoms with E-state index >= 15 is 0 Å². The molecule has 0 aliphatic rings. The van der Waals surface area contributed by atoms with Crippen molar-refractivity contribution in [3.8, 4) is 0 Å². The highest BCUT2D eigenvalue weighted by molar-refractivity contribution is 5.91. The topological polar surface area (TPSA) is 46.9 Å². The van der Waals surface area contributed by atoms with Gasteiger partial charge in [0.2, 0.25) is 5.91 Å². The molecule has 0 saturated carbocycles. The van der Waals surface area contributed by atoms with Gasteiger partial charge in [0.15, 0.2) is 0 Å². The Morgan fingerprint density at radius 1 is 1.53 bits per heavy atom. The van der Waals surface area contributed by atoms with Gasteiger partial charge in [0, 0.05) is 30.9 Å². The number of nitrogens with zero attached hydrogens (tertiary/aromatic N) is 2. The second kappa shape index (κ2) is 6.03. The van der Waals surface area contributed by atoms with E-state index in [-0.39, 0.29) is 5.91 Å². The fourth-order valence-corrected chi connectivity index (χ4v) is 1.55. The van der Waals surface area contributed by atoms with Gasteiger partial charge < -0.3 is 5.32 Å². The van der Waals surface area contributed by atoms with E-state index in [4.69, 9.17) is 0 Å². The first kappa shape index (κ1) is 13.2. The Kier molecular flexibility index (Phi) is 4.69. The molecule has 4 nitrogen and oxygen atoms in total. The van der Waals surface area contributed by atoms with Crippen LogP contribution in [0.25, 0.3) is 6.08 Å². The number of rotatable bonds is 5. The molecule has 1 heterocycles. The fraction of sp³-hybridized carbons (Fsp3) is 0.385. The smallest absolute Gasteiger partial charge is 0.244 e. The molecule has 1 N–H and O–H groups in total. The van der Waals surface area contributed by atoms with Crippen LogP contribution >= 0.6 is 0 Å². The molecule has 0 aliphatic carbocycles. The first-order chi connectivity index (χ1) is 8.06. The molecule has 1 rings (SSSR count). The highest BCUT2D eigenvalue weighted by atomic mass is 16.1. The molecule has 92 valence electrons. The van der Waals surface area contributed by atoms with E-state index in [9.17, 15) is 4.79 Å². The molecule has 4 heteroatoms. The lowest BCUT2D eigenvalue weighted by molar-refractivity contribution is -0.116. The molecule has 0 spiro atoms. The Bertz CT molecular complexity index is 444. The van der Waals surface area contributed by atoms with E-state index in [0.717, 1.165) is 23.4 Å². The predicted octanol–water partition coefficient (Wildman–Crippen LogP) is 1.74. The van der Waals surface area contributed by atoms with Gasteiger partial charge >= 0.3 is 0 Å². The Balaban J connectivity index is 2.64. The number of hydrogen-bond donors (Lipinski definition) is 1. The Morgan fingerprint density at radius 3 is 2.76 bits per heavy atom. The third kappa shape index (κ3) is 3.59. The van der Waals surface area contributed by atoms with Crippen LogP contribution in [0.4, 0.5) is 0 Å². The van der Waals surface area contributed by atoms with Crippen LogP contribution in [0.15, 0.2) is 18.7 Å². The van der Waals surface area contributed by atoms with Crippen molar-refractivity contribution >= 4 is 12.0 Å². The average molecular weight is 233 g/mol. The van der Waals surface area contributed by atoms with Crippen LogP contribution in [0.1, 0.15) is 23.4 Å². The Hall–Kier alpha value is -1.84. The van der Waals surface area contributed by atoms with Gasteiger partial charge in [-0.2, -0.15) is 5.10 Å². The SMILES string of the molecule is C=CCCNC(=O)/C=C/c1c(C)nn(C)c1C. The Labute approximate surface area is 102 Å². The van der Waals surface area contributed by atoms with Crippen LogP contribution in [-0.4, -0.2) is 22.2 Å². The van der Waals surface area contributed by atoms with Crippen molar-refractivity contribution in [2.24, 2.45) is 7.05 Å². The van der Waals surface area contributed by atoms with E-state index in [1.807, 2.05) is 25.6 Å². The maximum absolute atomic E-state index is 11.5. The number of aryl methyl sites for hydroxylation is 2. The minimum absolute atomic E-state index is 0.0884. The summed E-state index contributed by atoms with van der Waals surface area (Å²) in [5.74, 6) is -0.0884. The van der Waals surface area contributed by atoms with Gasteiger partial charge in [0.1, 0.15) is 0 Å². The zero-order valence-corrected chi connectivity index (χ0v) is 10.7. The van der Waals surface area contributed by atoms with Gasteiger partial charge in [-0.05, 0) is 26.3 Å². The standard InChI is InChI=1S/C13H19N3O/c1-5-6-9-14-13(17)8-7-12-10(2)15-16(4)11(12)3/h5,7-8H,1,6,9H2,2-4H3,(H,14,17)/b8-7+. The van der Waals surface area contributed by atoms with Crippen LogP contribution in [0.3, 0.4) is 0 Å². The zero-order chi connectivity index (χ0) is 12.8. The van der Waals surface area contributed by atoms with Crippen molar-refractivity contribution in [3.05, 3.63) is 35.7 Å². The summed E-state index contributed by atoms with van der Waals surface area (Å²) in [4.78, 5) is 11.5. The van der Waals surface area contributed by atoms with Gasteiger partial charge in [0.05, 0.1) is 5.69 Å². The quantitative estimate of drug-likeness (QED) is 0.478. The highest BCUT2D eigenvalue weighted by Gasteiger charge is 2.06. The normalized spacial score (nSPS) is 10.8. The van der Waals surface area contributed by atoms with E-state index in [1.165, 1.54) is 0 Å². The maximum Gasteiger partial charge on any atom is 0.244 e. The van der Waals surface area contributed by atoms with Crippen molar-refractivity contribution in [3.63, 3.8) is 0 Å². The van der Waals surface area contributed by atoms with E-state index < -0.39 is 0 Å². The van der Waals surface area contributed by atoms with E-state index in [1.54, 1.807) is 18.2 Å². The molecule has 0 aromatic carbocycles. The number of nitrogens with one attached hydrogen (secondary N) is 1. The fourth-order valence-electron chi connectivity index (χ4n) is 1.55. The molecule has 0 saturated heterocycles. The first-order valence-corrected chi connectivity index (χ1v) is 5.63. The number of hydrogen-bond acceptors (Lipinski definition) is 2. The van der Waals surface area contributed by atoms with Crippen LogP contribution < -0.4 is 5.32 Å². The summed E-state index contributed by atoms with van der Waals surface area (Å²) in [5, 5.41) is 7.06. The van der Waals surface area contributed by atoms with Crippen molar-refractivity contribution in [2.45, 2.75) is 20.3 Å².